The number of aromatic nitrogens is 1. The molecule has 2 heterocycles. The Morgan fingerprint density at radius 1 is 1.15 bits per heavy atom. The van der Waals surface area contributed by atoms with Gasteiger partial charge in [-0.1, -0.05) is 0 Å². The van der Waals surface area contributed by atoms with Gasteiger partial charge in [0, 0.05) is 52.0 Å². The fourth-order valence-corrected chi connectivity index (χ4v) is 3.09. The van der Waals surface area contributed by atoms with Crippen LogP contribution in [0.3, 0.4) is 0 Å². The van der Waals surface area contributed by atoms with Gasteiger partial charge in [0.15, 0.2) is 11.7 Å². The van der Waals surface area contributed by atoms with E-state index in [-0.39, 0.29) is 36.0 Å². The second kappa shape index (κ2) is 8.28. The minimum atomic E-state index is -0.728. The van der Waals surface area contributed by atoms with Gasteiger partial charge in [0.1, 0.15) is 11.6 Å². The lowest BCUT2D eigenvalue weighted by atomic mass is 10.2. The summed E-state index contributed by atoms with van der Waals surface area (Å²) in [6, 6.07) is 3.22. The molecular weight excluding hydrogens is 356 g/mol. The van der Waals surface area contributed by atoms with Gasteiger partial charge in [-0.05, 0) is 18.6 Å². The van der Waals surface area contributed by atoms with E-state index in [0.29, 0.717) is 32.1 Å². The lowest BCUT2D eigenvalue weighted by molar-refractivity contribution is -0.132. The van der Waals surface area contributed by atoms with E-state index >= 15 is 0 Å². The van der Waals surface area contributed by atoms with E-state index in [4.69, 9.17) is 4.42 Å². The van der Waals surface area contributed by atoms with Crippen LogP contribution in [0.1, 0.15) is 25.7 Å². The Labute approximate surface area is 155 Å². The number of halogens is 2. The molecule has 0 N–H and O–H groups in total. The van der Waals surface area contributed by atoms with Crippen molar-refractivity contribution < 1.29 is 22.8 Å². The number of hydrogen-bond acceptors (Lipinski definition) is 4. The Morgan fingerprint density at radius 3 is 2.63 bits per heavy atom. The summed E-state index contributed by atoms with van der Waals surface area (Å²) in [4.78, 5) is 31.4. The monoisotopic (exact) mass is 377 g/mol. The predicted molar refractivity (Wildman–Crippen MR) is 93.6 cm³/mol. The minimum Gasteiger partial charge on any atom is -0.441 e. The molecule has 2 aromatic rings. The van der Waals surface area contributed by atoms with Crippen LogP contribution in [-0.4, -0.2) is 52.8 Å². The highest BCUT2D eigenvalue weighted by molar-refractivity contribution is 5.77. The van der Waals surface area contributed by atoms with Gasteiger partial charge < -0.3 is 14.2 Å². The highest BCUT2D eigenvalue weighted by Crippen LogP contribution is 2.24. The Kier molecular flexibility index (Phi) is 5.83. The Bertz CT molecular complexity index is 837. The summed E-state index contributed by atoms with van der Waals surface area (Å²) in [5.41, 5.74) is 0.123. The fraction of sp³-hybridized carbons (Fsp3) is 0.421. The Balaban J connectivity index is 1.57. The molecule has 1 saturated heterocycles. The second-order valence-electron chi connectivity index (χ2n) is 6.48. The van der Waals surface area contributed by atoms with E-state index in [1.165, 1.54) is 19.2 Å². The average Bonchev–Trinajstić information content (AvgIpc) is 2.94. The summed E-state index contributed by atoms with van der Waals surface area (Å²) in [5, 5.41) is 0. The van der Waals surface area contributed by atoms with Crippen molar-refractivity contribution in [1.82, 2.24) is 14.8 Å². The maximum Gasteiger partial charge on any atom is 0.223 e. The molecule has 1 fully saturated rings. The van der Waals surface area contributed by atoms with Gasteiger partial charge in [-0.15, -0.1) is 0 Å². The molecule has 0 bridgehead atoms. The number of amides is 2. The van der Waals surface area contributed by atoms with Crippen LogP contribution in [0.4, 0.5) is 8.78 Å². The van der Waals surface area contributed by atoms with Crippen molar-refractivity contribution in [3.63, 3.8) is 0 Å². The van der Waals surface area contributed by atoms with Crippen molar-refractivity contribution in [3.8, 4) is 11.3 Å². The van der Waals surface area contributed by atoms with Crippen LogP contribution in [0.2, 0.25) is 0 Å². The molecule has 3 rings (SSSR count). The van der Waals surface area contributed by atoms with Crippen LogP contribution in [0.15, 0.2) is 28.8 Å². The van der Waals surface area contributed by atoms with Gasteiger partial charge in [-0.25, -0.2) is 13.8 Å². The first-order valence-electron chi connectivity index (χ1n) is 8.87. The van der Waals surface area contributed by atoms with Crippen LogP contribution < -0.4 is 0 Å². The average molecular weight is 377 g/mol. The molecule has 1 aromatic heterocycles. The topological polar surface area (TPSA) is 66.7 Å². The molecule has 0 spiro atoms. The molecule has 6 nitrogen and oxygen atoms in total. The van der Waals surface area contributed by atoms with Gasteiger partial charge in [-0.2, -0.15) is 0 Å². The van der Waals surface area contributed by atoms with Crippen molar-refractivity contribution in [2.45, 2.75) is 26.2 Å². The van der Waals surface area contributed by atoms with Gasteiger partial charge in [0.25, 0.3) is 0 Å². The third-order valence-corrected chi connectivity index (χ3v) is 4.60. The number of nitrogens with zero attached hydrogens (tertiary/aromatic N) is 3. The third-order valence-electron chi connectivity index (χ3n) is 4.60. The van der Waals surface area contributed by atoms with Gasteiger partial charge in [0.05, 0.1) is 11.8 Å². The van der Waals surface area contributed by atoms with E-state index in [0.717, 1.165) is 18.6 Å². The third kappa shape index (κ3) is 4.69. The maximum absolute atomic E-state index is 13.8. The van der Waals surface area contributed by atoms with Gasteiger partial charge >= 0.3 is 0 Å². The smallest absolute Gasteiger partial charge is 0.223 e. The van der Waals surface area contributed by atoms with Crippen LogP contribution in [0, 0.1) is 11.6 Å². The molecule has 1 aromatic carbocycles. The summed E-state index contributed by atoms with van der Waals surface area (Å²) in [6.45, 7) is 3.84. The zero-order chi connectivity index (χ0) is 19.4. The zero-order valence-corrected chi connectivity index (χ0v) is 15.1. The fourth-order valence-electron chi connectivity index (χ4n) is 3.09. The molecule has 1 aliphatic rings. The normalized spacial score (nSPS) is 14.9. The van der Waals surface area contributed by atoms with Crippen molar-refractivity contribution >= 4 is 11.8 Å². The van der Waals surface area contributed by atoms with Crippen LogP contribution in [0.25, 0.3) is 11.3 Å². The lowest BCUT2D eigenvalue weighted by Gasteiger charge is -2.21. The first-order chi connectivity index (χ1) is 12.9. The van der Waals surface area contributed by atoms with E-state index in [1.54, 1.807) is 9.80 Å². The van der Waals surface area contributed by atoms with E-state index < -0.39 is 11.6 Å². The predicted octanol–water partition coefficient (Wildman–Crippen LogP) is 2.63. The molecule has 0 saturated carbocycles. The Morgan fingerprint density at radius 2 is 1.89 bits per heavy atom. The molecule has 0 atom stereocenters. The minimum absolute atomic E-state index is 0.0182. The number of rotatable bonds is 4. The summed E-state index contributed by atoms with van der Waals surface area (Å²) in [7, 11) is 0. The first-order valence-corrected chi connectivity index (χ1v) is 8.87. The molecule has 27 heavy (non-hydrogen) atoms. The quantitative estimate of drug-likeness (QED) is 0.822. The standard InChI is InChI=1S/C19H21F2N3O3/c1-13(25)23-7-2-8-24(10-9-23)19(26)6-5-18-22-12-17(27-18)15-4-3-14(20)11-16(15)21/h3-4,11-12H,2,5-10H2,1H3. The van der Waals surface area contributed by atoms with Crippen LogP contribution in [0.5, 0.6) is 0 Å². The summed E-state index contributed by atoms with van der Waals surface area (Å²) < 4.78 is 32.3. The van der Waals surface area contributed by atoms with E-state index in [9.17, 15) is 18.4 Å². The number of oxazole rings is 1. The van der Waals surface area contributed by atoms with Crippen LogP contribution >= 0.6 is 0 Å². The molecule has 8 heteroatoms. The van der Waals surface area contributed by atoms with Crippen molar-refractivity contribution in [1.29, 1.82) is 0 Å². The highest BCUT2D eigenvalue weighted by atomic mass is 19.1. The molecular formula is C19H21F2N3O3. The Hall–Kier alpha value is -2.77. The second-order valence-corrected chi connectivity index (χ2v) is 6.48. The molecule has 144 valence electrons. The zero-order valence-electron chi connectivity index (χ0n) is 15.1. The molecule has 0 radical (unpaired) electrons. The van der Waals surface area contributed by atoms with Crippen molar-refractivity contribution in [3.05, 3.63) is 41.9 Å². The maximum atomic E-state index is 13.8. The highest BCUT2D eigenvalue weighted by Gasteiger charge is 2.21. The number of carbonyl (C=O) groups excluding carboxylic acids is 2. The molecule has 0 unspecified atom stereocenters. The molecule has 1 aliphatic heterocycles. The van der Waals surface area contributed by atoms with Gasteiger partial charge in [-0.3, -0.25) is 9.59 Å². The molecule has 0 aliphatic carbocycles. The van der Waals surface area contributed by atoms with Crippen molar-refractivity contribution in [2.24, 2.45) is 0 Å². The first kappa shape index (κ1) is 19.0. The SMILES string of the molecule is CC(=O)N1CCCN(C(=O)CCc2ncc(-c3ccc(F)cc3F)o2)CC1. The van der Waals surface area contributed by atoms with Crippen molar-refractivity contribution in [2.75, 3.05) is 26.2 Å². The summed E-state index contributed by atoms with van der Waals surface area (Å²) >= 11 is 0. The van der Waals surface area contributed by atoms with Crippen LogP contribution in [-0.2, 0) is 16.0 Å². The number of carbonyl (C=O) groups is 2. The summed E-state index contributed by atoms with van der Waals surface area (Å²) in [6.07, 6.45) is 2.62. The number of benzene rings is 1. The largest absolute Gasteiger partial charge is 0.441 e. The van der Waals surface area contributed by atoms with E-state index in [1.807, 2.05) is 0 Å². The van der Waals surface area contributed by atoms with E-state index in [2.05, 4.69) is 4.98 Å². The molecule has 2 amide bonds. The summed E-state index contributed by atoms with van der Waals surface area (Å²) in [5.74, 6) is -0.891. The van der Waals surface area contributed by atoms with Gasteiger partial charge in [0.2, 0.25) is 11.8 Å². The lowest BCUT2D eigenvalue weighted by Crippen LogP contribution is -2.36. The number of aryl methyl sites for hydroxylation is 1. The number of hydrogen-bond donors (Lipinski definition) is 0.